The van der Waals surface area contributed by atoms with Gasteiger partial charge in [0.1, 0.15) is 0 Å². The van der Waals surface area contributed by atoms with E-state index >= 15 is 0 Å². The number of rotatable bonds is 7. The Morgan fingerprint density at radius 1 is 1.32 bits per heavy atom. The van der Waals surface area contributed by atoms with Crippen LogP contribution in [0.2, 0.25) is 0 Å². The second-order valence-corrected chi connectivity index (χ2v) is 6.46. The van der Waals surface area contributed by atoms with Crippen molar-refractivity contribution in [1.82, 2.24) is 16.0 Å². The van der Waals surface area contributed by atoms with Crippen LogP contribution in [0, 0.1) is 0 Å². The molecule has 2 aliphatic heterocycles. The lowest BCUT2D eigenvalue weighted by Crippen LogP contribution is -2.36. The molecule has 0 aromatic heterocycles. The first-order chi connectivity index (χ1) is 10.6. The number of hydrogen-bond acceptors (Lipinski definition) is 6. The van der Waals surface area contributed by atoms with Crippen molar-refractivity contribution in [3.8, 4) is 0 Å². The minimum absolute atomic E-state index is 0.0833. The summed E-state index contributed by atoms with van der Waals surface area (Å²) in [5.74, 6) is 0.559. The van der Waals surface area contributed by atoms with Crippen molar-refractivity contribution in [3.05, 3.63) is 0 Å². The Balaban J connectivity index is 1.53. The van der Waals surface area contributed by atoms with E-state index in [0.717, 1.165) is 18.6 Å². The summed E-state index contributed by atoms with van der Waals surface area (Å²) < 4.78 is 9.34. The van der Waals surface area contributed by atoms with Crippen molar-refractivity contribution < 1.29 is 23.9 Å². The molecule has 3 amide bonds. The molecule has 3 N–H and O–H groups in total. The van der Waals surface area contributed by atoms with Crippen molar-refractivity contribution in [3.63, 3.8) is 0 Å². The number of carbonyl (C=O) groups excluding carboxylic acids is 3. The van der Waals surface area contributed by atoms with Crippen LogP contribution in [0.5, 0.6) is 0 Å². The number of urea groups is 1. The molecule has 0 aliphatic carbocycles. The molecule has 0 spiro atoms. The van der Waals surface area contributed by atoms with E-state index in [4.69, 9.17) is 4.74 Å². The van der Waals surface area contributed by atoms with E-state index in [1.165, 1.54) is 7.05 Å². The van der Waals surface area contributed by atoms with Crippen molar-refractivity contribution in [1.29, 1.82) is 0 Å². The highest BCUT2D eigenvalue weighted by Gasteiger charge is 2.42. The van der Waals surface area contributed by atoms with Crippen LogP contribution in [-0.2, 0) is 14.3 Å². The molecule has 2 heterocycles. The third-order valence-electron chi connectivity index (χ3n) is 3.67. The summed E-state index contributed by atoms with van der Waals surface area (Å²) in [4.78, 5) is 33.4. The largest absolute Gasteiger partial charge is 0.428 e. The number of esters is 1. The maximum atomic E-state index is 11.4. The number of nitrogens with one attached hydrogen (secondary N) is 3. The van der Waals surface area contributed by atoms with Crippen LogP contribution in [0.1, 0.15) is 25.7 Å². The van der Waals surface area contributed by atoms with E-state index in [1.54, 1.807) is 0 Å². The molecule has 3 atom stereocenters. The summed E-state index contributed by atoms with van der Waals surface area (Å²) in [6.45, 7) is -0.363. The van der Waals surface area contributed by atoms with Gasteiger partial charge >= 0.3 is 18.1 Å². The Morgan fingerprint density at radius 3 is 2.91 bits per heavy atom. The van der Waals surface area contributed by atoms with Gasteiger partial charge in [0.05, 0.1) is 12.1 Å². The first-order valence-electron chi connectivity index (χ1n) is 7.29. The minimum Gasteiger partial charge on any atom is -0.428 e. The van der Waals surface area contributed by atoms with Gasteiger partial charge in [0, 0.05) is 24.5 Å². The number of carbonyl (C=O) groups is 3. The molecule has 0 radical (unpaired) electrons. The number of alkyl carbamates (subject to hydrolysis) is 1. The summed E-state index contributed by atoms with van der Waals surface area (Å²) in [6, 6.07) is 0.347. The highest BCUT2D eigenvalue weighted by molar-refractivity contribution is 8.00. The van der Waals surface area contributed by atoms with E-state index in [1.807, 2.05) is 11.8 Å². The molecule has 0 saturated carbocycles. The van der Waals surface area contributed by atoms with E-state index < -0.39 is 6.09 Å². The van der Waals surface area contributed by atoms with Crippen LogP contribution in [0.4, 0.5) is 9.59 Å². The molecule has 2 aliphatic rings. The summed E-state index contributed by atoms with van der Waals surface area (Å²) in [5.41, 5.74) is 0. The van der Waals surface area contributed by atoms with Crippen LogP contribution in [0.15, 0.2) is 0 Å². The molecular weight excluding hydrogens is 310 g/mol. The lowest BCUT2D eigenvalue weighted by Gasteiger charge is -2.16. The number of ether oxygens (including phenoxy) is 2. The second kappa shape index (κ2) is 8.11. The normalized spacial score (nSPS) is 25.9. The minimum atomic E-state index is -0.632. The molecule has 22 heavy (non-hydrogen) atoms. The fourth-order valence-electron chi connectivity index (χ4n) is 2.55. The maximum absolute atomic E-state index is 11.4. The second-order valence-electron chi connectivity index (χ2n) is 5.18. The number of unbranched alkanes of at least 4 members (excludes halogenated alkanes) is 1. The summed E-state index contributed by atoms with van der Waals surface area (Å²) >= 11 is 1.86. The van der Waals surface area contributed by atoms with Gasteiger partial charge in [0.15, 0.2) is 0 Å². The molecule has 124 valence electrons. The molecule has 8 nitrogen and oxygen atoms in total. The van der Waals surface area contributed by atoms with Crippen LogP contribution < -0.4 is 16.0 Å². The number of amides is 3. The van der Waals surface area contributed by atoms with Crippen molar-refractivity contribution in [2.45, 2.75) is 43.0 Å². The predicted octanol–water partition coefficient (Wildman–Crippen LogP) is 0.569. The molecule has 0 bridgehead atoms. The lowest BCUT2D eigenvalue weighted by atomic mass is 10.0. The lowest BCUT2D eigenvalue weighted by molar-refractivity contribution is -0.151. The van der Waals surface area contributed by atoms with E-state index in [-0.39, 0.29) is 30.9 Å². The smallest absolute Gasteiger partial charge is 0.409 e. The molecule has 2 rings (SSSR count). The monoisotopic (exact) mass is 331 g/mol. The fourth-order valence-corrected chi connectivity index (χ4v) is 4.09. The topological polar surface area (TPSA) is 106 Å². The first-order valence-corrected chi connectivity index (χ1v) is 8.34. The predicted molar refractivity (Wildman–Crippen MR) is 80.5 cm³/mol. The number of thioether (sulfide) groups is 1. The van der Waals surface area contributed by atoms with Gasteiger partial charge in [-0.1, -0.05) is 6.42 Å². The van der Waals surface area contributed by atoms with Gasteiger partial charge in [0.25, 0.3) is 0 Å². The van der Waals surface area contributed by atoms with Crippen LogP contribution in [0.3, 0.4) is 0 Å². The Bertz CT molecular complexity index is 434. The van der Waals surface area contributed by atoms with Gasteiger partial charge < -0.3 is 25.4 Å². The summed E-state index contributed by atoms with van der Waals surface area (Å²) in [5, 5.41) is 8.50. The molecule has 0 aromatic carbocycles. The van der Waals surface area contributed by atoms with E-state index in [2.05, 4.69) is 20.7 Å². The average molecular weight is 331 g/mol. The average Bonchev–Trinajstić information content (AvgIpc) is 3.03. The zero-order valence-corrected chi connectivity index (χ0v) is 13.2. The van der Waals surface area contributed by atoms with Crippen molar-refractivity contribution in [2.75, 3.05) is 19.6 Å². The van der Waals surface area contributed by atoms with E-state index in [0.29, 0.717) is 18.1 Å². The molecule has 2 fully saturated rings. The summed E-state index contributed by atoms with van der Waals surface area (Å²) in [7, 11) is 1.43. The number of hydrogen-bond donors (Lipinski definition) is 3. The Labute approximate surface area is 133 Å². The Morgan fingerprint density at radius 2 is 2.14 bits per heavy atom. The molecule has 0 unspecified atom stereocenters. The maximum Gasteiger partial charge on any atom is 0.409 e. The third kappa shape index (κ3) is 4.69. The van der Waals surface area contributed by atoms with Crippen molar-refractivity contribution >= 4 is 29.9 Å². The van der Waals surface area contributed by atoms with Gasteiger partial charge in [0.2, 0.25) is 6.79 Å². The quantitative estimate of drug-likeness (QED) is 0.273. The SMILES string of the molecule is CNC(=O)OCOC(=O)CCCC[C@@H]1SC[C@@H]2NC(=O)N[C@@H]21. The first kappa shape index (κ1) is 16.7. The summed E-state index contributed by atoms with van der Waals surface area (Å²) in [6.07, 6.45) is 2.23. The zero-order chi connectivity index (χ0) is 15.9. The standard InChI is InChI=1S/C13H21N3O5S/c1-14-13(19)21-7-20-10(17)5-3-2-4-9-11-8(6-22-9)15-12(18)16-11/h8-9,11H,2-7H2,1H3,(H,14,19)(H2,15,16,18)/t8-,9-,11-/m0/s1. The third-order valence-corrected chi connectivity index (χ3v) is 5.18. The Hall–Kier alpha value is -1.64. The number of fused-ring (bicyclic) bond motifs is 1. The Kier molecular flexibility index (Phi) is 6.17. The van der Waals surface area contributed by atoms with Crippen molar-refractivity contribution in [2.24, 2.45) is 0 Å². The highest BCUT2D eigenvalue weighted by Crippen LogP contribution is 2.33. The van der Waals surface area contributed by atoms with E-state index in [9.17, 15) is 14.4 Å². The highest BCUT2D eigenvalue weighted by atomic mass is 32.2. The van der Waals surface area contributed by atoms with Gasteiger partial charge in [-0.25, -0.2) is 9.59 Å². The van der Waals surface area contributed by atoms with Gasteiger partial charge in [-0.2, -0.15) is 11.8 Å². The van der Waals surface area contributed by atoms with Gasteiger partial charge in [-0.15, -0.1) is 0 Å². The van der Waals surface area contributed by atoms with Crippen LogP contribution in [-0.4, -0.2) is 55.0 Å². The van der Waals surface area contributed by atoms with Crippen LogP contribution in [0.25, 0.3) is 0 Å². The molecular formula is C13H21N3O5S. The van der Waals surface area contributed by atoms with Gasteiger partial charge in [-0.05, 0) is 12.8 Å². The zero-order valence-electron chi connectivity index (χ0n) is 12.4. The molecule has 0 aromatic rings. The van der Waals surface area contributed by atoms with Gasteiger partial charge in [-0.3, -0.25) is 4.79 Å². The fraction of sp³-hybridized carbons (Fsp3) is 0.769. The molecule has 9 heteroatoms. The molecule has 2 saturated heterocycles. The van der Waals surface area contributed by atoms with Crippen LogP contribution >= 0.6 is 11.8 Å².